The lowest BCUT2D eigenvalue weighted by atomic mass is 10.1. The van der Waals surface area contributed by atoms with Crippen LogP contribution in [0.3, 0.4) is 0 Å². The Labute approximate surface area is 161 Å². The lowest BCUT2D eigenvalue weighted by Gasteiger charge is -2.35. The standard InChI is InChI=1S/C19H39N3O2.ClH/c1-6-7-14-24-19(23)22-12-10-20(11-13-22)8-9-21(15-17(2)3)16-18(4)5;/h17-18H,6-16H2,1-5H3;1H. The minimum absolute atomic E-state index is 0. The molecule has 1 amide bonds. The van der Waals surface area contributed by atoms with Gasteiger partial charge in [-0.3, -0.25) is 4.90 Å². The summed E-state index contributed by atoms with van der Waals surface area (Å²) in [4.78, 5) is 18.9. The summed E-state index contributed by atoms with van der Waals surface area (Å²) in [5.74, 6) is 1.41. The molecule has 1 aliphatic rings. The number of piperazine rings is 1. The Morgan fingerprint density at radius 1 is 1.04 bits per heavy atom. The maximum Gasteiger partial charge on any atom is 0.409 e. The second kappa shape index (κ2) is 13.7. The normalized spacial score (nSPS) is 15.8. The van der Waals surface area contributed by atoms with Gasteiger partial charge in [-0.1, -0.05) is 41.0 Å². The molecular weight excluding hydrogens is 338 g/mol. The molecule has 1 rings (SSSR count). The largest absolute Gasteiger partial charge is 0.449 e. The zero-order chi connectivity index (χ0) is 17.9. The van der Waals surface area contributed by atoms with E-state index < -0.39 is 0 Å². The van der Waals surface area contributed by atoms with Gasteiger partial charge in [0.15, 0.2) is 0 Å². The molecular formula is C19H40ClN3O2. The van der Waals surface area contributed by atoms with E-state index in [0.29, 0.717) is 18.4 Å². The molecule has 0 radical (unpaired) electrons. The smallest absolute Gasteiger partial charge is 0.409 e. The van der Waals surface area contributed by atoms with Crippen molar-refractivity contribution in [2.75, 3.05) is 59.0 Å². The summed E-state index contributed by atoms with van der Waals surface area (Å²) in [7, 11) is 0. The number of rotatable bonds is 10. The average Bonchev–Trinajstić information content (AvgIpc) is 2.52. The Morgan fingerprint density at radius 3 is 2.08 bits per heavy atom. The molecule has 0 aromatic heterocycles. The Balaban J connectivity index is 0.00000576. The van der Waals surface area contributed by atoms with Gasteiger partial charge in [0.25, 0.3) is 0 Å². The highest BCUT2D eigenvalue weighted by Gasteiger charge is 2.22. The highest BCUT2D eigenvalue weighted by molar-refractivity contribution is 5.85. The number of unbranched alkanes of at least 4 members (excludes halogenated alkanes) is 1. The van der Waals surface area contributed by atoms with Crippen molar-refractivity contribution < 1.29 is 9.53 Å². The highest BCUT2D eigenvalue weighted by Crippen LogP contribution is 2.07. The molecule has 0 aliphatic carbocycles. The van der Waals surface area contributed by atoms with Crippen LogP contribution in [0.25, 0.3) is 0 Å². The van der Waals surface area contributed by atoms with E-state index in [0.717, 1.165) is 52.1 Å². The van der Waals surface area contributed by atoms with Crippen molar-refractivity contribution in [2.24, 2.45) is 11.8 Å². The summed E-state index contributed by atoms with van der Waals surface area (Å²) in [6.45, 7) is 19.9. The van der Waals surface area contributed by atoms with Crippen LogP contribution >= 0.6 is 12.4 Å². The molecule has 0 spiro atoms. The van der Waals surface area contributed by atoms with Crippen LogP contribution in [0.5, 0.6) is 0 Å². The fraction of sp³-hybridized carbons (Fsp3) is 0.947. The van der Waals surface area contributed by atoms with Gasteiger partial charge in [-0.15, -0.1) is 12.4 Å². The molecule has 1 saturated heterocycles. The van der Waals surface area contributed by atoms with E-state index in [9.17, 15) is 4.79 Å². The average molecular weight is 378 g/mol. The van der Waals surface area contributed by atoms with Gasteiger partial charge in [-0.25, -0.2) is 4.79 Å². The van der Waals surface area contributed by atoms with Crippen LogP contribution in [-0.2, 0) is 4.74 Å². The maximum atomic E-state index is 12.0. The minimum atomic E-state index is -0.135. The van der Waals surface area contributed by atoms with Crippen molar-refractivity contribution >= 4 is 18.5 Å². The van der Waals surface area contributed by atoms with E-state index in [4.69, 9.17) is 4.74 Å². The SMILES string of the molecule is CCCCOC(=O)N1CCN(CCN(CC(C)C)CC(C)C)CC1.Cl. The fourth-order valence-electron chi connectivity index (χ4n) is 3.12. The lowest BCUT2D eigenvalue weighted by molar-refractivity contribution is 0.0713. The zero-order valence-electron chi connectivity index (χ0n) is 17.0. The van der Waals surface area contributed by atoms with Gasteiger partial charge in [0.05, 0.1) is 6.61 Å². The zero-order valence-corrected chi connectivity index (χ0v) is 17.8. The van der Waals surface area contributed by atoms with Gasteiger partial charge in [-0.2, -0.15) is 0 Å². The molecule has 1 heterocycles. The van der Waals surface area contributed by atoms with E-state index in [-0.39, 0.29) is 18.5 Å². The second-order valence-electron chi connectivity index (χ2n) is 7.84. The quantitative estimate of drug-likeness (QED) is 0.545. The molecule has 150 valence electrons. The highest BCUT2D eigenvalue weighted by atomic mass is 35.5. The number of nitrogens with zero attached hydrogens (tertiary/aromatic N) is 3. The van der Waals surface area contributed by atoms with Crippen LogP contribution in [0.4, 0.5) is 4.79 Å². The Hall–Kier alpha value is -0.520. The second-order valence-corrected chi connectivity index (χ2v) is 7.84. The summed E-state index contributed by atoms with van der Waals surface area (Å²) >= 11 is 0. The molecule has 25 heavy (non-hydrogen) atoms. The number of amides is 1. The summed E-state index contributed by atoms with van der Waals surface area (Å²) in [6, 6.07) is 0. The first-order chi connectivity index (χ1) is 11.4. The number of hydrogen-bond acceptors (Lipinski definition) is 4. The van der Waals surface area contributed by atoms with Crippen molar-refractivity contribution in [1.82, 2.24) is 14.7 Å². The molecule has 0 saturated carbocycles. The van der Waals surface area contributed by atoms with Gasteiger partial charge in [0.1, 0.15) is 0 Å². The van der Waals surface area contributed by atoms with Gasteiger partial charge < -0.3 is 14.5 Å². The molecule has 0 unspecified atom stereocenters. The van der Waals surface area contributed by atoms with Gasteiger partial charge in [-0.05, 0) is 18.3 Å². The number of ether oxygens (including phenoxy) is 1. The molecule has 5 nitrogen and oxygen atoms in total. The van der Waals surface area contributed by atoms with Crippen LogP contribution < -0.4 is 0 Å². The fourth-order valence-corrected chi connectivity index (χ4v) is 3.12. The maximum absolute atomic E-state index is 12.0. The first kappa shape index (κ1) is 24.5. The van der Waals surface area contributed by atoms with E-state index >= 15 is 0 Å². The van der Waals surface area contributed by atoms with Crippen molar-refractivity contribution in [1.29, 1.82) is 0 Å². The third kappa shape index (κ3) is 10.9. The van der Waals surface area contributed by atoms with E-state index in [1.54, 1.807) is 0 Å². The summed E-state index contributed by atoms with van der Waals surface area (Å²) < 4.78 is 5.30. The van der Waals surface area contributed by atoms with Gasteiger partial charge in [0.2, 0.25) is 0 Å². The van der Waals surface area contributed by atoms with Gasteiger partial charge >= 0.3 is 6.09 Å². The lowest BCUT2D eigenvalue weighted by Crippen LogP contribution is -2.50. The van der Waals surface area contributed by atoms with Gasteiger partial charge in [0, 0.05) is 52.4 Å². The predicted octanol–water partition coefficient (Wildman–Crippen LogP) is 3.58. The Bertz CT molecular complexity index is 336. The number of hydrogen-bond donors (Lipinski definition) is 0. The van der Waals surface area contributed by atoms with Crippen molar-refractivity contribution in [3.63, 3.8) is 0 Å². The Morgan fingerprint density at radius 2 is 1.60 bits per heavy atom. The van der Waals surface area contributed by atoms with Crippen molar-refractivity contribution in [3.05, 3.63) is 0 Å². The van der Waals surface area contributed by atoms with E-state index in [1.165, 1.54) is 13.1 Å². The number of carbonyl (C=O) groups is 1. The first-order valence-electron chi connectivity index (χ1n) is 9.78. The minimum Gasteiger partial charge on any atom is -0.449 e. The molecule has 0 bridgehead atoms. The summed E-state index contributed by atoms with van der Waals surface area (Å²) in [5.41, 5.74) is 0. The van der Waals surface area contributed by atoms with Crippen LogP contribution in [-0.4, -0.2) is 79.8 Å². The molecule has 0 N–H and O–H groups in total. The molecule has 0 aromatic carbocycles. The molecule has 1 fully saturated rings. The molecule has 6 heteroatoms. The monoisotopic (exact) mass is 377 g/mol. The number of carbonyl (C=O) groups excluding carboxylic acids is 1. The van der Waals surface area contributed by atoms with E-state index in [1.807, 2.05) is 4.90 Å². The number of halogens is 1. The van der Waals surface area contributed by atoms with Crippen LogP contribution in [0.1, 0.15) is 47.5 Å². The molecule has 1 aliphatic heterocycles. The molecule has 0 atom stereocenters. The van der Waals surface area contributed by atoms with Crippen LogP contribution in [0, 0.1) is 11.8 Å². The van der Waals surface area contributed by atoms with Crippen molar-refractivity contribution in [2.45, 2.75) is 47.5 Å². The third-order valence-corrected chi connectivity index (χ3v) is 4.33. The van der Waals surface area contributed by atoms with Crippen molar-refractivity contribution in [3.8, 4) is 0 Å². The van der Waals surface area contributed by atoms with Crippen LogP contribution in [0.15, 0.2) is 0 Å². The third-order valence-electron chi connectivity index (χ3n) is 4.33. The summed E-state index contributed by atoms with van der Waals surface area (Å²) in [5, 5.41) is 0. The topological polar surface area (TPSA) is 36.0 Å². The molecule has 0 aromatic rings. The first-order valence-corrected chi connectivity index (χ1v) is 9.78. The van der Waals surface area contributed by atoms with Crippen LogP contribution in [0.2, 0.25) is 0 Å². The Kier molecular flexibility index (Phi) is 13.4. The van der Waals surface area contributed by atoms with E-state index in [2.05, 4.69) is 44.4 Å². The summed E-state index contributed by atoms with van der Waals surface area (Å²) in [6.07, 6.45) is 1.88. The predicted molar refractivity (Wildman–Crippen MR) is 108 cm³/mol.